The fourth-order valence-corrected chi connectivity index (χ4v) is 8.03. The van der Waals surface area contributed by atoms with Crippen molar-refractivity contribution < 1.29 is 24.2 Å². The van der Waals surface area contributed by atoms with Crippen LogP contribution in [0.5, 0.6) is 0 Å². The highest BCUT2D eigenvalue weighted by atomic mass is 16.6. The van der Waals surface area contributed by atoms with Crippen LogP contribution in [0.15, 0.2) is 48.5 Å². The van der Waals surface area contributed by atoms with Crippen molar-refractivity contribution in [2.24, 2.45) is 0 Å². The van der Waals surface area contributed by atoms with Gasteiger partial charge in [0.15, 0.2) is 5.72 Å². The molecule has 1 aliphatic carbocycles. The molecule has 2 amide bonds. The van der Waals surface area contributed by atoms with Crippen LogP contribution in [-0.2, 0) is 20.3 Å². The van der Waals surface area contributed by atoms with Gasteiger partial charge in [-0.3, -0.25) is 0 Å². The van der Waals surface area contributed by atoms with Crippen LogP contribution in [0.2, 0.25) is 0 Å². The standard InChI is InChI=1S/C23H34N2O5.C14H19N/c1-20(2,3)29-18(26)24-14-12-23(13-15-24)16-10-8-9-11-17(16)25(22(23,7)28)19(27)30-21(4,5)6;1-11-14(9-5-2-6-10-14)12-7-3-4-8-13(12)15-11/h8-11,28H,12-15H2,1-7H3;3-4,7-8,11,15H,2,5-6,9-10H2,1H3. The molecule has 3 aliphatic heterocycles. The zero-order valence-electron chi connectivity index (χ0n) is 28.5. The van der Waals surface area contributed by atoms with Crippen LogP contribution in [0, 0.1) is 0 Å². The highest BCUT2D eigenvalue weighted by molar-refractivity contribution is 5.93. The first-order valence-electron chi connectivity index (χ1n) is 16.7. The Hall–Kier alpha value is -3.26. The Bertz CT molecular complexity index is 1390. The molecule has 1 saturated carbocycles. The average molecular weight is 620 g/mol. The number of aliphatic hydroxyl groups is 1. The topological polar surface area (TPSA) is 91.3 Å². The maximum Gasteiger partial charge on any atom is 0.417 e. The van der Waals surface area contributed by atoms with Gasteiger partial charge in [-0.1, -0.05) is 55.7 Å². The van der Waals surface area contributed by atoms with Gasteiger partial charge in [-0.15, -0.1) is 0 Å². The van der Waals surface area contributed by atoms with Gasteiger partial charge in [0, 0.05) is 35.6 Å². The summed E-state index contributed by atoms with van der Waals surface area (Å²) in [4.78, 5) is 28.6. The summed E-state index contributed by atoms with van der Waals surface area (Å²) >= 11 is 0. The molecule has 1 saturated heterocycles. The van der Waals surface area contributed by atoms with Crippen LogP contribution in [-0.4, -0.2) is 58.3 Å². The van der Waals surface area contributed by atoms with Gasteiger partial charge in [-0.25, -0.2) is 14.5 Å². The molecule has 0 aromatic heterocycles. The molecule has 2 atom stereocenters. The maximum absolute atomic E-state index is 13.1. The second-order valence-electron chi connectivity index (χ2n) is 15.5. The van der Waals surface area contributed by atoms with E-state index in [9.17, 15) is 14.7 Å². The molecule has 2 aromatic rings. The number of nitrogens with one attached hydrogen (secondary N) is 1. The molecule has 246 valence electrons. The zero-order chi connectivity index (χ0) is 32.8. The molecule has 0 bridgehead atoms. The molecule has 8 nitrogen and oxygen atoms in total. The SMILES string of the molecule is CC(C)(C)OC(=O)N1CCC2(CC1)c1ccccc1N(C(=O)OC(C)(C)C)C2(C)O.CC1Nc2ccccc2C12CCCCC2. The molecule has 4 aliphatic rings. The van der Waals surface area contributed by atoms with Crippen molar-refractivity contribution in [3.8, 4) is 0 Å². The number of ether oxygens (including phenoxy) is 2. The summed E-state index contributed by atoms with van der Waals surface area (Å²) in [6.45, 7) is 15.8. The first kappa shape index (κ1) is 33.1. The number of carbonyl (C=O) groups excluding carboxylic acids is 2. The summed E-state index contributed by atoms with van der Waals surface area (Å²) in [6.07, 6.45) is 7.07. The van der Waals surface area contributed by atoms with E-state index in [0.717, 1.165) is 5.56 Å². The lowest BCUT2D eigenvalue weighted by molar-refractivity contribution is -0.0508. The van der Waals surface area contributed by atoms with Crippen molar-refractivity contribution >= 4 is 23.6 Å². The van der Waals surface area contributed by atoms with Crippen LogP contribution >= 0.6 is 0 Å². The average Bonchev–Trinajstić information content (AvgIpc) is 3.32. The number of rotatable bonds is 0. The second kappa shape index (κ2) is 11.8. The largest absolute Gasteiger partial charge is 0.444 e. The fraction of sp³-hybridized carbons (Fsp3) is 0.622. The van der Waals surface area contributed by atoms with Crippen molar-refractivity contribution in [2.45, 2.75) is 134 Å². The van der Waals surface area contributed by atoms with E-state index in [0.29, 0.717) is 43.1 Å². The van der Waals surface area contributed by atoms with Crippen molar-refractivity contribution in [3.63, 3.8) is 0 Å². The number of benzene rings is 2. The van der Waals surface area contributed by atoms with Crippen molar-refractivity contribution in [1.29, 1.82) is 0 Å². The lowest BCUT2D eigenvalue weighted by Crippen LogP contribution is -2.62. The van der Waals surface area contributed by atoms with E-state index in [2.05, 4.69) is 36.5 Å². The van der Waals surface area contributed by atoms with Crippen LogP contribution in [0.25, 0.3) is 0 Å². The number of carbonyl (C=O) groups is 2. The van der Waals surface area contributed by atoms with E-state index in [4.69, 9.17) is 9.47 Å². The Labute approximate surface area is 269 Å². The molecule has 45 heavy (non-hydrogen) atoms. The third-order valence-electron chi connectivity index (χ3n) is 10.3. The smallest absolute Gasteiger partial charge is 0.417 e. The van der Waals surface area contributed by atoms with Gasteiger partial charge >= 0.3 is 12.2 Å². The van der Waals surface area contributed by atoms with E-state index in [1.165, 1.54) is 42.7 Å². The van der Waals surface area contributed by atoms with Crippen molar-refractivity contribution in [1.82, 2.24) is 4.90 Å². The summed E-state index contributed by atoms with van der Waals surface area (Å²) in [5.74, 6) is 0. The Morgan fingerprint density at radius 1 is 0.800 bits per heavy atom. The molecule has 8 heteroatoms. The molecule has 6 rings (SSSR count). The minimum atomic E-state index is -1.49. The number of piperidine rings is 1. The molecule has 2 spiro atoms. The lowest BCUT2D eigenvalue weighted by Gasteiger charge is -2.48. The Kier molecular flexibility index (Phi) is 8.71. The van der Waals surface area contributed by atoms with Crippen molar-refractivity contribution in [2.75, 3.05) is 23.3 Å². The number of nitrogens with zero attached hydrogens (tertiary/aromatic N) is 2. The highest BCUT2D eigenvalue weighted by Crippen LogP contribution is 2.56. The first-order chi connectivity index (χ1) is 21.0. The summed E-state index contributed by atoms with van der Waals surface area (Å²) in [5.41, 5.74) is 1.55. The first-order valence-corrected chi connectivity index (χ1v) is 16.7. The predicted molar refractivity (Wildman–Crippen MR) is 179 cm³/mol. The molecule has 2 N–H and O–H groups in total. The molecular weight excluding hydrogens is 566 g/mol. The Morgan fingerprint density at radius 2 is 1.33 bits per heavy atom. The quantitative estimate of drug-likeness (QED) is 0.310. The van der Waals surface area contributed by atoms with E-state index < -0.39 is 28.4 Å². The number of hydrogen-bond acceptors (Lipinski definition) is 6. The van der Waals surface area contributed by atoms with Gasteiger partial charge in [0.05, 0.1) is 5.69 Å². The zero-order valence-corrected chi connectivity index (χ0v) is 28.5. The molecule has 2 aromatic carbocycles. The van der Waals surface area contributed by atoms with E-state index in [-0.39, 0.29) is 6.09 Å². The van der Waals surface area contributed by atoms with E-state index in [1.54, 1.807) is 38.2 Å². The number of anilines is 2. The van der Waals surface area contributed by atoms with Crippen LogP contribution in [0.1, 0.15) is 111 Å². The number of para-hydroxylation sites is 2. The lowest BCUT2D eigenvalue weighted by atomic mass is 9.67. The fourth-order valence-electron chi connectivity index (χ4n) is 8.03. The molecule has 2 fully saturated rings. The predicted octanol–water partition coefficient (Wildman–Crippen LogP) is 8.12. The maximum atomic E-state index is 13.1. The number of hydrogen-bond donors (Lipinski definition) is 2. The molecule has 0 radical (unpaired) electrons. The van der Waals surface area contributed by atoms with Crippen LogP contribution < -0.4 is 10.2 Å². The van der Waals surface area contributed by atoms with Gasteiger partial charge < -0.3 is 24.8 Å². The normalized spacial score (nSPS) is 24.7. The van der Waals surface area contributed by atoms with Crippen molar-refractivity contribution in [3.05, 3.63) is 59.7 Å². The third kappa shape index (κ3) is 6.15. The number of likely N-dealkylation sites (tertiary alicyclic amines) is 1. The Balaban J connectivity index is 0.000000220. The minimum absolute atomic E-state index is 0.354. The van der Waals surface area contributed by atoms with Gasteiger partial charge in [-0.05, 0) is 104 Å². The number of fused-ring (bicyclic) bond motifs is 4. The number of amides is 2. The summed E-state index contributed by atoms with van der Waals surface area (Å²) in [6, 6.07) is 17.1. The van der Waals surface area contributed by atoms with Gasteiger partial charge in [-0.2, -0.15) is 0 Å². The monoisotopic (exact) mass is 619 g/mol. The van der Waals surface area contributed by atoms with E-state index >= 15 is 0 Å². The molecular formula is C37H53N3O5. The summed E-state index contributed by atoms with van der Waals surface area (Å²) in [5, 5.41) is 15.4. The third-order valence-corrected chi connectivity index (χ3v) is 10.3. The van der Waals surface area contributed by atoms with Gasteiger partial charge in [0.2, 0.25) is 0 Å². The van der Waals surface area contributed by atoms with Crippen LogP contribution in [0.4, 0.5) is 21.0 Å². The highest BCUT2D eigenvalue weighted by Gasteiger charge is 2.62. The van der Waals surface area contributed by atoms with Gasteiger partial charge in [0.1, 0.15) is 11.2 Å². The van der Waals surface area contributed by atoms with Crippen LogP contribution in [0.3, 0.4) is 0 Å². The second-order valence-corrected chi connectivity index (χ2v) is 15.5. The summed E-state index contributed by atoms with van der Waals surface area (Å²) in [7, 11) is 0. The molecule has 3 heterocycles. The Morgan fingerprint density at radius 3 is 1.93 bits per heavy atom. The molecule has 2 unspecified atom stereocenters. The minimum Gasteiger partial charge on any atom is -0.444 e. The summed E-state index contributed by atoms with van der Waals surface area (Å²) < 4.78 is 11.1. The van der Waals surface area contributed by atoms with Gasteiger partial charge in [0.25, 0.3) is 0 Å². The van der Waals surface area contributed by atoms with E-state index in [1.807, 2.05) is 45.0 Å².